The Kier molecular flexibility index (Phi) is 28.9. The molecule has 9 nitrogen and oxygen atoms in total. The van der Waals surface area contributed by atoms with E-state index in [4.69, 9.17) is 9.47 Å². The van der Waals surface area contributed by atoms with Crippen molar-refractivity contribution in [3.8, 4) is 0 Å². The molecule has 1 saturated heterocycles. The van der Waals surface area contributed by atoms with Crippen molar-refractivity contribution in [2.45, 2.75) is 229 Å². The summed E-state index contributed by atoms with van der Waals surface area (Å²) in [6.45, 7) is 1.41. The molecule has 0 radical (unpaired) electrons. The lowest BCUT2D eigenvalue weighted by Crippen LogP contribution is -2.59. The van der Waals surface area contributed by atoms with Crippen LogP contribution < -0.4 is 0 Å². The van der Waals surface area contributed by atoms with Crippen LogP contribution in [0.5, 0.6) is 0 Å². The van der Waals surface area contributed by atoms with Crippen LogP contribution in [0.2, 0.25) is 0 Å². The molecule has 0 amide bonds. The third-order valence-corrected chi connectivity index (χ3v) is 9.77. The largest absolute Gasteiger partial charge is 0.394 e. The molecule has 47 heavy (non-hydrogen) atoms. The first-order chi connectivity index (χ1) is 22.8. The van der Waals surface area contributed by atoms with Gasteiger partial charge in [-0.2, -0.15) is 0 Å². The van der Waals surface area contributed by atoms with Gasteiger partial charge >= 0.3 is 0 Å². The molecule has 0 bridgehead atoms. The van der Waals surface area contributed by atoms with Gasteiger partial charge in [0, 0.05) is 0 Å². The summed E-state index contributed by atoms with van der Waals surface area (Å²) in [5.41, 5.74) is 0. The zero-order chi connectivity index (χ0) is 34.5. The number of unbranched alkanes of at least 4 members (excludes halogenated alkanes) is 22. The molecule has 1 rings (SSSR count). The molecule has 1 fully saturated rings. The van der Waals surface area contributed by atoms with Crippen molar-refractivity contribution in [3.05, 3.63) is 0 Å². The van der Waals surface area contributed by atoms with E-state index in [0.29, 0.717) is 19.3 Å². The van der Waals surface area contributed by atoms with Crippen molar-refractivity contribution in [2.24, 2.45) is 0 Å². The summed E-state index contributed by atoms with van der Waals surface area (Å²) < 4.78 is 10.8. The van der Waals surface area contributed by atoms with Crippen molar-refractivity contribution in [1.82, 2.24) is 0 Å². The van der Waals surface area contributed by atoms with Crippen LogP contribution in [0.1, 0.15) is 180 Å². The maximum absolute atomic E-state index is 10.2. The first-order valence-corrected chi connectivity index (χ1v) is 19.7. The number of aliphatic hydroxyl groups excluding tert-OH is 7. The second-order valence-electron chi connectivity index (χ2n) is 14.5. The average Bonchev–Trinajstić information content (AvgIpc) is 3.04. The second-order valence-corrected chi connectivity index (χ2v) is 14.5. The standard InChI is InChI=1S/C38H76O9/c1-31(40)29-33(42)26-24-22-20-18-16-14-12-10-8-6-4-2-3-5-7-9-11-13-15-17-19-21-23-25-32(41)27-28-46-38-37(45)36(44)35(43)34(30-39)47-38/h31-45H,2-30H2,1H3/t31-,32-,33+,34?,35-,36?,37+,38+/m1/s1. The summed E-state index contributed by atoms with van der Waals surface area (Å²) in [4.78, 5) is 0. The molecule has 1 aliphatic heterocycles. The molecule has 1 heterocycles. The van der Waals surface area contributed by atoms with Gasteiger partial charge in [0.05, 0.1) is 31.5 Å². The van der Waals surface area contributed by atoms with Gasteiger partial charge in [-0.3, -0.25) is 0 Å². The van der Waals surface area contributed by atoms with Crippen LogP contribution in [0.3, 0.4) is 0 Å². The molecule has 0 aromatic carbocycles. The zero-order valence-electron chi connectivity index (χ0n) is 30.1. The molecule has 0 aromatic rings. The predicted molar refractivity (Wildman–Crippen MR) is 188 cm³/mol. The van der Waals surface area contributed by atoms with Gasteiger partial charge in [-0.15, -0.1) is 0 Å². The SMILES string of the molecule is C[C@@H](O)C[C@@H](O)CCCCCCCCCCCCCCCCCCCCCCCCC[C@@H](O)CCO[C@H]1OC(CO)[C@@H](O)C(O)[C@@H]1O. The van der Waals surface area contributed by atoms with Gasteiger partial charge in [0.15, 0.2) is 6.29 Å². The lowest BCUT2D eigenvalue weighted by molar-refractivity contribution is -0.301. The summed E-state index contributed by atoms with van der Waals surface area (Å²) in [5, 5.41) is 68.1. The van der Waals surface area contributed by atoms with E-state index >= 15 is 0 Å². The molecular weight excluding hydrogens is 600 g/mol. The molecule has 7 N–H and O–H groups in total. The third-order valence-electron chi connectivity index (χ3n) is 9.77. The topological polar surface area (TPSA) is 160 Å². The predicted octanol–water partition coefficient (Wildman–Crippen LogP) is 6.44. The first kappa shape index (κ1) is 44.7. The van der Waals surface area contributed by atoms with Gasteiger partial charge in [-0.05, 0) is 32.6 Å². The summed E-state index contributed by atoms with van der Waals surface area (Å²) in [6, 6.07) is 0. The monoisotopic (exact) mass is 677 g/mol. The van der Waals surface area contributed by atoms with Crippen molar-refractivity contribution < 1.29 is 45.2 Å². The van der Waals surface area contributed by atoms with E-state index in [1.165, 1.54) is 128 Å². The molecule has 1 aliphatic rings. The Morgan fingerprint density at radius 2 is 0.851 bits per heavy atom. The highest BCUT2D eigenvalue weighted by molar-refractivity contribution is 4.88. The molecule has 8 atom stereocenters. The van der Waals surface area contributed by atoms with Gasteiger partial charge < -0.3 is 45.2 Å². The van der Waals surface area contributed by atoms with E-state index < -0.39 is 49.5 Å². The summed E-state index contributed by atoms with van der Waals surface area (Å²) in [5.74, 6) is 0. The maximum atomic E-state index is 10.2. The van der Waals surface area contributed by atoms with Crippen LogP contribution in [0.25, 0.3) is 0 Å². The van der Waals surface area contributed by atoms with E-state index in [0.717, 1.165) is 25.7 Å². The van der Waals surface area contributed by atoms with E-state index in [1.807, 2.05) is 0 Å². The molecular formula is C38H76O9. The van der Waals surface area contributed by atoms with Crippen molar-refractivity contribution in [1.29, 1.82) is 0 Å². The van der Waals surface area contributed by atoms with Crippen LogP contribution in [-0.4, -0.2) is 98.0 Å². The maximum Gasteiger partial charge on any atom is 0.186 e. The highest BCUT2D eigenvalue weighted by atomic mass is 16.7. The molecule has 9 heteroatoms. The van der Waals surface area contributed by atoms with Crippen molar-refractivity contribution >= 4 is 0 Å². The minimum absolute atomic E-state index is 0.161. The highest BCUT2D eigenvalue weighted by Crippen LogP contribution is 2.23. The Bertz CT molecular complexity index is 665. The fourth-order valence-corrected chi connectivity index (χ4v) is 6.65. The highest BCUT2D eigenvalue weighted by Gasteiger charge is 2.43. The number of ether oxygens (including phenoxy) is 2. The molecule has 282 valence electrons. The van der Waals surface area contributed by atoms with E-state index in [1.54, 1.807) is 6.92 Å². The summed E-state index contributed by atoms with van der Waals surface area (Å²) >= 11 is 0. The van der Waals surface area contributed by atoms with Gasteiger partial charge in [-0.25, -0.2) is 0 Å². The van der Waals surface area contributed by atoms with Gasteiger partial charge in [0.25, 0.3) is 0 Å². The minimum atomic E-state index is -1.45. The van der Waals surface area contributed by atoms with Crippen LogP contribution >= 0.6 is 0 Å². The van der Waals surface area contributed by atoms with Crippen LogP contribution in [0.15, 0.2) is 0 Å². The average molecular weight is 677 g/mol. The number of aliphatic hydroxyl groups is 7. The zero-order valence-corrected chi connectivity index (χ0v) is 30.1. The van der Waals surface area contributed by atoms with Gasteiger partial charge in [0.2, 0.25) is 0 Å². The quantitative estimate of drug-likeness (QED) is 0.0388. The Morgan fingerprint density at radius 3 is 1.21 bits per heavy atom. The van der Waals surface area contributed by atoms with Crippen molar-refractivity contribution in [3.63, 3.8) is 0 Å². The third kappa shape index (κ3) is 24.4. The van der Waals surface area contributed by atoms with Crippen LogP contribution in [-0.2, 0) is 9.47 Å². The number of hydrogen-bond acceptors (Lipinski definition) is 9. The fraction of sp³-hybridized carbons (Fsp3) is 1.00. The van der Waals surface area contributed by atoms with E-state index in [9.17, 15) is 35.7 Å². The lowest BCUT2D eigenvalue weighted by atomic mass is 9.99. The first-order valence-electron chi connectivity index (χ1n) is 19.7. The lowest BCUT2D eigenvalue weighted by Gasteiger charge is -2.39. The van der Waals surface area contributed by atoms with E-state index in [-0.39, 0.29) is 12.7 Å². The Balaban J connectivity index is 1.75. The fourth-order valence-electron chi connectivity index (χ4n) is 6.65. The molecule has 0 aromatic heterocycles. The van der Waals surface area contributed by atoms with Crippen LogP contribution in [0, 0.1) is 0 Å². The van der Waals surface area contributed by atoms with Crippen molar-refractivity contribution in [2.75, 3.05) is 13.2 Å². The smallest absolute Gasteiger partial charge is 0.186 e. The van der Waals surface area contributed by atoms with E-state index in [2.05, 4.69) is 0 Å². The molecule has 0 saturated carbocycles. The molecule has 0 spiro atoms. The Hall–Kier alpha value is -0.360. The van der Waals surface area contributed by atoms with Gasteiger partial charge in [0.1, 0.15) is 24.4 Å². The van der Waals surface area contributed by atoms with Crippen LogP contribution in [0.4, 0.5) is 0 Å². The molecule has 0 aliphatic carbocycles. The normalized spacial score (nSPS) is 23.6. The Labute approximate surface area is 287 Å². The second kappa shape index (κ2) is 30.5. The van der Waals surface area contributed by atoms with Gasteiger partial charge in [-0.1, -0.05) is 148 Å². The minimum Gasteiger partial charge on any atom is -0.394 e. The summed E-state index contributed by atoms with van der Waals surface area (Å²) in [6.07, 6.45) is 24.8. The molecule has 2 unspecified atom stereocenters. The summed E-state index contributed by atoms with van der Waals surface area (Å²) in [7, 11) is 0. The Morgan fingerprint density at radius 1 is 0.489 bits per heavy atom. The number of rotatable bonds is 33. The number of hydrogen-bond donors (Lipinski definition) is 7.